The summed E-state index contributed by atoms with van der Waals surface area (Å²) < 4.78 is 0. The van der Waals surface area contributed by atoms with Gasteiger partial charge in [-0.3, -0.25) is 4.79 Å². The van der Waals surface area contributed by atoms with E-state index in [1.165, 1.54) is 11.8 Å². The van der Waals surface area contributed by atoms with Gasteiger partial charge in [-0.1, -0.05) is 5.92 Å². The van der Waals surface area contributed by atoms with E-state index < -0.39 is 5.97 Å². The summed E-state index contributed by atoms with van der Waals surface area (Å²) in [5.41, 5.74) is 2.17. The Morgan fingerprint density at radius 1 is 1.28 bits per heavy atom. The van der Waals surface area contributed by atoms with Crippen molar-refractivity contribution in [1.82, 2.24) is 9.97 Å². The normalized spacial score (nSPS) is 10.6. The second kappa shape index (κ2) is 6.83. The molecule has 0 saturated carbocycles. The van der Waals surface area contributed by atoms with Crippen molar-refractivity contribution in [2.45, 2.75) is 17.6 Å². The predicted octanol–water partition coefficient (Wildman–Crippen LogP) is 3.20. The molecular weight excluding hydrogens is 336 g/mol. The van der Waals surface area contributed by atoms with Gasteiger partial charge in [-0.05, 0) is 48.9 Å². The van der Waals surface area contributed by atoms with Crippen molar-refractivity contribution in [1.29, 1.82) is 0 Å². The second-order valence-electron chi connectivity index (χ2n) is 5.41. The summed E-state index contributed by atoms with van der Waals surface area (Å²) in [6, 6.07) is 9.98. The number of benzene rings is 2. The number of carboxylic acids is 1. The average Bonchev–Trinajstić information content (AvgIpc) is 2.61. The standard InChI is InChI=1S/C19H14N2O3S/c1-3-12-6-9-15-17(11(12)2)20-16(21-18(15)22)10-25-14-7-4-13(5-8-14)19(23)24/h1,4-9H,10H2,2H3,(H,23,24)(H,20,21,22). The van der Waals surface area contributed by atoms with Gasteiger partial charge in [0.15, 0.2) is 0 Å². The third kappa shape index (κ3) is 3.42. The molecule has 2 N–H and O–H groups in total. The van der Waals surface area contributed by atoms with Gasteiger partial charge in [0.1, 0.15) is 5.82 Å². The number of aryl methyl sites for hydroxylation is 1. The van der Waals surface area contributed by atoms with Crippen LogP contribution in [0.1, 0.15) is 27.3 Å². The highest BCUT2D eigenvalue weighted by atomic mass is 32.2. The fourth-order valence-electron chi connectivity index (χ4n) is 2.46. The van der Waals surface area contributed by atoms with E-state index >= 15 is 0 Å². The smallest absolute Gasteiger partial charge is 0.335 e. The van der Waals surface area contributed by atoms with Crippen molar-refractivity contribution in [3.05, 3.63) is 69.3 Å². The molecule has 0 atom stereocenters. The molecule has 0 radical (unpaired) electrons. The topological polar surface area (TPSA) is 83.0 Å². The van der Waals surface area contributed by atoms with Crippen LogP contribution in [0, 0.1) is 19.3 Å². The molecule has 0 unspecified atom stereocenters. The Morgan fingerprint density at radius 2 is 2.00 bits per heavy atom. The van der Waals surface area contributed by atoms with E-state index in [1.807, 2.05) is 6.92 Å². The first kappa shape index (κ1) is 16.8. The first-order chi connectivity index (χ1) is 12.0. The molecule has 0 aliphatic heterocycles. The number of hydrogen-bond donors (Lipinski definition) is 2. The quantitative estimate of drug-likeness (QED) is 0.558. The molecule has 0 bridgehead atoms. The van der Waals surface area contributed by atoms with Crippen molar-refractivity contribution in [2.24, 2.45) is 0 Å². The van der Waals surface area contributed by atoms with Gasteiger partial charge in [-0.25, -0.2) is 9.78 Å². The van der Waals surface area contributed by atoms with Crippen LogP contribution in [-0.4, -0.2) is 21.0 Å². The molecule has 124 valence electrons. The number of nitrogens with zero attached hydrogens (tertiary/aromatic N) is 1. The number of fused-ring (bicyclic) bond motifs is 1. The number of rotatable bonds is 4. The van der Waals surface area contributed by atoms with Gasteiger partial charge in [0.25, 0.3) is 5.56 Å². The fourth-order valence-corrected chi connectivity index (χ4v) is 3.23. The molecule has 6 heteroatoms. The lowest BCUT2D eigenvalue weighted by Gasteiger charge is -2.07. The number of carboxylic acid groups (broad SMARTS) is 1. The molecule has 3 aromatic rings. The minimum atomic E-state index is -0.961. The number of aromatic nitrogens is 2. The molecular formula is C19H14N2O3S. The predicted molar refractivity (Wildman–Crippen MR) is 98.0 cm³/mol. The molecule has 2 aromatic carbocycles. The fraction of sp³-hybridized carbons (Fsp3) is 0.105. The number of carbonyl (C=O) groups is 1. The highest BCUT2D eigenvalue weighted by Crippen LogP contribution is 2.23. The lowest BCUT2D eigenvalue weighted by molar-refractivity contribution is 0.0697. The Bertz CT molecular complexity index is 1060. The number of hydrogen-bond acceptors (Lipinski definition) is 4. The van der Waals surface area contributed by atoms with Gasteiger partial charge in [-0.15, -0.1) is 18.2 Å². The Hall–Kier alpha value is -3.04. The number of H-pyrrole nitrogens is 1. The molecule has 0 fully saturated rings. The van der Waals surface area contributed by atoms with E-state index in [-0.39, 0.29) is 11.1 Å². The average molecular weight is 350 g/mol. The SMILES string of the molecule is C#Cc1ccc2c(=O)[nH]c(CSc3ccc(C(=O)O)cc3)nc2c1C. The van der Waals surface area contributed by atoms with Crippen LogP contribution in [0.25, 0.3) is 10.9 Å². The Kier molecular flexibility index (Phi) is 4.59. The summed E-state index contributed by atoms with van der Waals surface area (Å²) in [6.07, 6.45) is 5.48. The molecule has 0 aliphatic carbocycles. The number of thioether (sulfide) groups is 1. The summed E-state index contributed by atoms with van der Waals surface area (Å²) in [5.74, 6) is 2.63. The van der Waals surface area contributed by atoms with Gasteiger partial charge in [0, 0.05) is 10.5 Å². The molecule has 0 aliphatic rings. The van der Waals surface area contributed by atoms with Crippen LogP contribution in [0.4, 0.5) is 0 Å². The highest BCUT2D eigenvalue weighted by Gasteiger charge is 2.09. The first-order valence-corrected chi connectivity index (χ1v) is 8.43. The molecule has 0 saturated heterocycles. The zero-order chi connectivity index (χ0) is 18.0. The number of aromatic amines is 1. The van der Waals surface area contributed by atoms with E-state index in [9.17, 15) is 9.59 Å². The molecule has 0 spiro atoms. The van der Waals surface area contributed by atoms with Gasteiger partial charge >= 0.3 is 5.97 Å². The van der Waals surface area contributed by atoms with Crippen LogP contribution in [0.5, 0.6) is 0 Å². The van der Waals surface area contributed by atoms with Crippen LogP contribution in [-0.2, 0) is 5.75 Å². The first-order valence-electron chi connectivity index (χ1n) is 7.45. The number of terminal acetylenes is 1. The molecule has 1 aromatic heterocycles. The monoisotopic (exact) mass is 350 g/mol. The molecule has 1 heterocycles. The molecule has 5 nitrogen and oxygen atoms in total. The summed E-state index contributed by atoms with van der Waals surface area (Å²) in [5, 5.41) is 9.42. The van der Waals surface area contributed by atoms with Crippen LogP contribution < -0.4 is 5.56 Å². The van der Waals surface area contributed by atoms with Crippen LogP contribution in [0.15, 0.2) is 46.1 Å². The molecule has 0 amide bonds. The lowest BCUT2D eigenvalue weighted by atomic mass is 10.1. The van der Waals surface area contributed by atoms with Crippen molar-refractivity contribution in [2.75, 3.05) is 0 Å². The number of nitrogens with one attached hydrogen (secondary N) is 1. The summed E-state index contributed by atoms with van der Waals surface area (Å²) in [4.78, 5) is 31.3. The minimum absolute atomic E-state index is 0.200. The lowest BCUT2D eigenvalue weighted by Crippen LogP contribution is -2.12. The summed E-state index contributed by atoms with van der Waals surface area (Å²) in [6.45, 7) is 1.85. The third-order valence-corrected chi connectivity index (χ3v) is 4.84. The molecule has 25 heavy (non-hydrogen) atoms. The Morgan fingerprint density at radius 3 is 2.64 bits per heavy atom. The van der Waals surface area contributed by atoms with E-state index in [0.29, 0.717) is 28.0 Å². The number of aromatic carboxylic acids is 1. The van der Waals surface area contributed by atoms with E-state index in [4.69, 9.17) is 11.5 Å². The van der Waals surface area contributed by atoms with E-state index in [0.717, 1.165) is 10.5 Å². The van der Waals surface area contributed by atoms with Gasteiger partial charge in [-0.2, -0.15) is 0 Å². The van der Waals surface area contributed by atoms with Gasteiger partial charge in [0.05, 0.1) is 22.2 Å². The maximum atomic E-state index is 12.3. The third-order valence-electron chi connectivity index (χ3n) is 3.81. The second-order valence-corrected chi connectivity index (χ2v) is 6.46. The minimum Gasteiger partial charge on any atom is -0.478 e. The zero-order valence-electron chi connectivity index (χ0n) is 13.4. The van der Waals surface area contributed by atoms with Crippen molar-refractivity contribution in [3.63, 3.8) is 0 Å². The summed E-state index contributed by atoms with van der Waals surface area (Å²) in [7, 11) is 0. The largest absolute Gasteiger partial charge is 0.478 e. The van der Waals surface area contributed by atoms with Crippen molar-refractivity contribution < 1.29 is 9.90 Å². The zero-order valence-corrected chi connectivity index (χ0v) is 14.2. The van der Waals surface area contributed by atoms with Gasteiger partial charge < -0.3 is 10.1 Å². The van der Waals surface area contributed by atoms with Gasteiger partial charge in [0.2, 0.25) is 0 Å². The van der Waals surface area contributed by atoms with Crippen LogP contribution >= 0.6 is 11.8 Å². The van der Waals surface area contributed by atoms with Crippen LogP contribution in [0.2, 0.25) is 0 Å². The van der Waals surface area contributed by atoms with Crippen LogP contribution in [0.3, 0.4) is 0 Å². The maximum Gasteiger partial charge on any atom is 0.335 e. The van der Waals surface area contributed by atoms with E-state index in [1.54, 1.807) is 36.4 Å². The highest BCUT2D eigenvalue weighted by molar-refractivity contribution is 7.98. The van der Waals surface area contributed by atoms with Crippen molar-refractivity contribution in [3.8, 4) is 12.3 Å². The Balaban J connectivity index is 1.89. The Labute approximate surface area is 148 Å². The maximum absolute atomic E-state index is 12.3. The van der Waals surface area contributed by atoms with E-state index in [2.05, 4.69) is 15.9 Å². The summed E-state index contributed by atoms with van der Waals surface area (Å²) >= 11 is 1.46. The van der Waals surface area contributed by atoms with Crippen molar-refractivity contribution >= 4 is 28.6 Å². The molecule has 3 rings (SSSR count).